The molecule has 4 nitrogen and oxygen atoms in total. The highest BCUT2D eigenvalue weighted by Crippen LogP contribution is 2.29. The summed E-state index contributed by atoms with van der Waals surface area (Å²) in [6, 6.07) is 13.2. The number of amides is 2. The fourth-order valence-corrected chi connectivity index (χ4v) is 3.02. The quantitative estimate of drug-likeness (QED) is 0.539. The zero-order chi connectivity index (χ0) is 17.9. The average Bonchev–Trinajstić information content (AvgIpc) is 2.49. The molecule has 2 aromatic carbocycles. The molecule has 0 aromatic heterocycles. The van der Waals surface area contributed by atoms with Crippen LogP contribution in [0.25, 0.3) is 0 Å². The van der Waals surface area contributed by atoms with Crippen LogP contribution in [0.15, 0.2) is 42.5 Å². The molecule has 2 amide bonds. The molecule has 0 saturated carbocycles. The van der Waals surface area contributed by atoms with Gasteiger partial charge in [0.15, 0.2) is 0 Å². The molecule has 0 aliphatic heterocycles. The summed E-state index contributed by atoms with van der Waals surface area (Å²) in [4.78, 5) is 24.4. The smallest absolute Gasteiger partial charge is 0.314 e. The lowest BCUT2D eigenvalue weighted by atomic mass is 9.86. The van der Waals surface area contributed by atoms with Gasteiger partial charge in [0.25, 0.3) is 0 Å². The standard InChI is InChI=1S/C19H21IN2O2/c1-12-11-13(20)9-10-15(12)21-17(23)18(24)22-16-8-6-5-7-14(16)19(2,3)4/h5-11H,1-4H3,(H,21,23)(H,22,24). The second kappa shape index (κ2) is 7.34. The SMILES string of the molecule is Cc1cc(I)ccc1NC(=O)C(=O)Nc1ccccc1C(C)(C)C. The summed E-state index contributed by atoms with van der Waals surface area (Å²) in [5.41, 5.74) is 3.06. The number of carbonyl (C=O) groups is 2. The first-order valence-corrected chi connectivity index (χ1v) is 8.74. The predicted molar refractivity (Wildman–Crippen MR) is 106 cm³/mol. The normalized spacial score (nSPS) is 11.0. The highest BCUT2D eigenvalue weighted by molar-refractivity contribution is 14.1. The highest BCUT2D eigenvalue weighted by atomic mass is 127. The third-order valence-corrected chi connectivity index (χ3v) is 4.30. The molecule has 0 spiro atoms. The average molecular weight is 436 g/mol. The molecule has 0 radical (unpaired) electrons. The van der Waals surface area contributed by atoms with Crippen molar-refractivity contribution in [1.29, 1.82) is 0 Å². The molecule has 0 heterocycles. The molecule has 126 valence electrons. The number of carbonyl (C=O) groups excluding carboxylic acids is 2. The number of halogens is 1. The summed E-state index contributed by atoms with van der Waals surface area (Å²) in [6.45, 7) is 8.08. The van der Waals surface area contributed by atoms with Crippen molar-refractivity contribution in [2.45, 2.75) is 33.1 Å². The number of rotatable bonds is 2. The topological polar surface area (TPSA) is 58.2 Å². The molecule has 0 aliphatic rings. The van der Waals surface area contributed by atoms with Crippen molar-refractivity contribution in [2.75, 3.05) is 10.6 Å². The third-order valence-electron chi connectivity index (χ3n) is 3.63. The molecule has 5 heteroatoms. The summed E-state index contributed by atoms with van der Waals surface area (Å²) in [6.07, 6.45) is 0. The Hall–Kier alpha value is -1.89. The molecule has 0 fully saturated rings. The lowest BCUT2D eigenvalue weighted by molar-refractivity contribution is -0.133. The van der Waals surface area contributed by atoms with E-state index in [0.29, 0.717) is 11.4 Å². The van der Waals surface area contributed by atoms with E-state index in [2.05, 4.69) is 54.0 Å². The summed E-state index contributed by atoms with van der Waals surface area (Å²) < 4.78 is 1.08. The van der Waals surface area contributed by atoms with Gasteiger partial charge in [-0.05, 0) is 70.3 Å². The zero-order valence-electron chi connectivity index (χ0n) is 14.2. The van der Waals surface area contributed by atoms with E-state index in [9.17, 15) is 9.59 Å². The van der Waals surface area contributed by atoms with E-state index < -0.39 is 11.8 Å². The minimum absolute atomic E-state index is 0.132. The number of benzene rings is 2. The van der Waals surface area contributed by atoms with E-state index >= 15 is 0 Å². The van der Waals surface area contributed by atoms with Crippen molar-refractivity contribution in [3.63, 3.8) is 0 Å². The van der Waals surface area contributed by atoms with Crippen molar-refractivity contribution in [3.8, 4) is 0 Å². The van der Waals surface area contributed by atoms with Gasteiger partial charge in [0, 0.05) is 14.9 Å². The number of hydrogen-bond donors (Lipinski definition) is 2. The first-order valence-electron chi connectivity index (χ1n) is 7.66. The van der Waals surface area contributed by atoms with Crippen molar-refractivity contribution in [3.05, 3.63) is 57.2 Å². The van der Waals surface area contributed by atoms with Crippen LogP contribution in [0.5, 0.6) is 0 Å². The van der Waals surface area contributed by atoms with E-state index in [1.165, 1.54) is 0 Å². The summed E-state index contributed by atoms with van der Waals surface area (Å²) in [5.74, 6) is -1.35. The summed E-state index contributed by atoms with van der Waals surface area (Å²) >= 11 is 2.20. The molecule has 24 heavy (non-hydrogen) atoms. The van der Waals surface area contributed by atoms with Crippen LogP contribution < -0.4 is 10.6 Å². The molecule has 2 rings (SSSR count). The maximum atomic E-state index is 12.2. The van der Waals surface area contributed by atoms with Gasteiger partial charge in [-0.1, -0.05) is 39.0 Å². The van der Waals surface area contributed by atoms with Gasteiger partial charge in [-0.3, -0.25) is 9.59 Å². The summed E-state index contributed by atoms with van der Waals surface area (Å²) in [7, 11) is 0. The van der Waals surface area contributed by atoms with Crippen LogP contribution in [0.1, 0.15) is 31.9 Å². The minimum Gasteiger partial charge on any atom is -0.318 e. The monoisotopic (exact) mass is 436 g/mol. The molecule has 0 atom stereocenters. The zero-order valence-corrected chi connectivity index (χ0v) is 16.4. The Morgan fingerprint density at radius 2 is 1.50 bits per heavy atom. The van der Waals surface area contributed by atoms with Crippen LogP contribution in [-0.4, -0.2) is 11.8 Å². The molecule has 0 saturated heterocycles. The second-order valence-corrected chi connectivity index (χ2v) is 7.91. The summed E-state index contributed by atoms with van der Waals surface area (Å²) in [5, 5.41) is 5.38. The number of aryl methyl sites for hydroxylation is 1. The number of anilines is 2. The van der Waals surface area contributed by atoms with E-state index in [-0.39, 0.29) is 5.41 Å². The van der Waals surface area contributed by atoms with Gasteiger partial charge >= 0.3 is 11.8 Å². The molecule has 0 bridgehead atoms. The molecule has 0 aliphatic carbocycles. The highest BCUT2D eigenvalue weighted by Gasteiger charge is 2.21. The Morgan fingerprint density at radius 1 is 0.917 bits per heavy atom. The van der Waals surface area contributed by atoms with Gasteiger partial charge < -0.3 is 10.6 Å². The van der Waals surface area contributed by atoms with Gasteiger partial charge in [-0.25, -0.2) is 0 Å². The molecule has 2 N–H and O–H groups in total. The second-order valence-electron chi connectivity index (χ2n) is 6.66. The lowest BCUT2D eigenvalue weighted by Crippen LogP contribution is -2.30. The Bertz CT molecular complexity index is 779. The van der Waals surface area contributed by atoms with Crippen molar-refractivity contribution in [2.24, 2.45) is 0 Å². The van der Waals surface area contributed by atoms with Crippen molar-refractivity contribution >= 4 is 45.8 Å². The van der Waals surface area contributed by atoms with Crippen molar-refractivity contribution < 1.29 is 9.59 Å². The van der Waals surface area contributed by atoms with Gasteiger partial charge in [0.1, 0.15) is 0 Å². The molecular formula is C19H21IN2O2. The molecular weight excluding hydrogens is 415 g/mol. The van der Waals surface area contributed by atoms with Gasteiger partial charge in [-0.15, -0.1) is 0 Å². The third kappa shape index (κ3) is 4.56. The van der Waals surface area contributed by atoms with E-state index in [1.54, 1.807) is 6.07 Å². The minimum atomic E-state index is -0.678. The largest absolute Gasteiger partial charge is 0.318 e. The van der Waals surface area contributed by atoms with Gasteiger partial charge in [0.05, 0.1) is 0 Å². The van der Waals surface area contributed by atoms with Crippen molar-refractivity contribution in [1.82, 2.24) is 0 Å². The maximum Gasteiger partial charge on any atom is 0.314 e. The Kier molecular flexibility index (Phi) is 5.64. The number of para-hydroxylation sites is 1. The first-order chi connectivity index (χ1) is 11.2. The fourth-order valence-electron chi connectivity index (χ4n) is 2.37. The van der Waals surface area contributed by atoms with E-state index in [0.717, 1.165) is 14.7 Å². The predicted octanol–water partition coefficient (Wildman–Crippen LogP) is 4.47. The lowest BCUT2D eigenvalue weighted by Gasteiger charge is -2.22. The Balaban J connectivity index is 2.14. The van der Waals surface area contributed by atoms with Crippen LogP contribution in [-0.2, 0) is 15.0 Å². The fraction of sp³-hybridized carbons (Fsp3) is 0.263. The Labute approximate surface area is 156 Å². The van der Waals surface area contributed by atoms with Crippen LogP contribution in [0.2, 0.25) is 0 Å². The molecule has 0 unspecified atom stereocenters. The molecule has 2 aromatic rings. The van der Waals surface area contributed by atoms with E-state index in [1.807, 2.05) is 43.3 Å². The first kappa shape index (κ1) is 18.4. The van der Waals surface area contributed by atoms with Crippen LogP contribution in [0.3, 0.4) is 0 Å². The van der Waals surface area contributed by atoms with Gasteiger partial charge in [-0.2, -0.15) is 0 Å². The van der Waals surface area contributed by atoms with Crippen LogP contribution >= 0.6 is 22.6 Å². The van der Waals surface area contributed by atoms with Gasteiger partial charge in [0.2, 0.25) is 0 Å². The van der Waals surface area contributed by atoms with E-state index in [4.69, 9.17) is 0 Å². The van der Waals surface area contributed by atoms with Crippen LogP contribution in [0.4, 0.5) is 11.4 Å². The Morgan fingerprint density at radius 3 is 2.08 bits per heavy atom. The maximum absolute atomic E-state index is 12.2. The number of hydrogen-bond acceptors (Lipinski definition) is 2. The number of nitrogens with one attached hydrogen (secondary N) is 2. The van der Waals surface area contributed by atoms with Crippen LogP contribution in [0, 0.1) is 10.5 Å².